The van der Waals surface area contributed by atoms with Gasteiger partial charge in [0.2, 0.25) is 0 Å². The van der Waals surface area contributed by atoms with Crippen LogP contribution in [-0.2, 0) is 4.79 Å². The molecule has 1 aliphatic carbocycles. The Labute approximate surface area is 66.7 Å². The van der Waals surface area contributed by atoms with E-state index in [1.165, 1.54) is 12.2 Å². The average Bonchev–Trinajstić information content (AvgIpc) is 1.86. The molecule has 0 heterocycles. The maximum absolute atomic E-state index is 12.9. The summed E-state index contributed by atoms with van der Waals surface area (Å²) in [5, 5.41) is 0. The SMILES string of the molecule is O=CC1=CC=CC(F)(Br)C1. The summed E-state index contributed by atoms with van der Waals surface area (Å²) < 4.78 is 11.4. The Balaban J connectivity index is 2.77. The quantitative estimate of drug-likeness (QED) is 0.473. The lowest BCUT2D eigenvalue weighted by Gasteiger charge is -2.15. The molecule has 1 rings (SSSR count). The predicted molar refractivity (Wildman–Crippen MR) is 40.7 cm³/mol. The first kappa shape index (κ1) is 7.66. The van der Waals surface area contributed by atoms with Crippen molar-refractivity contribution in [2.75, 3.05) is 0 Å². The maximum atomic E-state index is 12.9. The zero-order chi connectivity index (χ0) is 7.61. The standard InChI is InChI=1S/C7H6BrFO/c8-7(9)3-1-2-6(4-7)5-10/h1-3,5H,4H2. The van der Waals surface area contributed by atoms with Gasteiger partial charge in [-0.15, -0.1) is 0 Å². The molecule has 0 aromatic rings. The molecule has 0 bridgehead atoms. The summed E-state index contributed by atoms with van der Waals surface area (Å²) >= 11 is 2.82. The van der Waals surface area contributed by atoms with Gasteiger partial charge in [-0.3, -0.25) is 4.79 Å². The second-order valence-electron chi connectivity index (χ2n) is 2.16. The highest BCUT2D eigenvalue weighted by Crippen LogP contribution is 2.31. The van der Waals surface area contributed by atoms with Crippen LogP contribution in [0.3, 0.4) is 0 Å². The van der Waals surface area contributed by atoms with Crippen LogP contribution in [0.15, 0.2) is 23.8 Å². The lowest BCUT2D eigenvalue weighted by atomic mass is 10.1. The fourth-order valence-electron chi connectivity index (χ4n) is 0.783. The first-order valence-corrected chi connectivity index (χ1v) is 3.65. The van der Waals surface area contributed by atoms with Crippen molar-refractivity contribution in [3.05, 3.63) is 23.8 Å². The molecule has 0 aliphatic heterocycles. The van der Waals surface area contributed by atoms with E-state index in [0.717, 1.165) is 0 Å². The molecule has 3 heteroatoms. The lowest BCUT2D eigenvalue weighted by molar-refractivity contribution is -0.105. The topological polar surface area (TPSA) is 17.1 Å². The van der Waals surface area contributed by atoms with Crippen molar-refractivity contribution in [3.8, 4) is 0 Å². The number of aldehydes is 1. The molecule has 1 atom stereocenters. The number of carbonyl (C=O) groups is 1. The summed E-state index contributed by atoms with van der Waals surface area (Å²) in [5.41, 5.74) is 0.474. The Kier molecular flexibility index (Phi) is 2.04. The van der Waals surface area contributed by atoms with E-state index in [0.29, 0.717) is 11.9 Å². The molecule has 54 valence electrons. The van der Waals surface area contributed by atoms with Crippen molar-refractivity contribution in [1.82, 2.24) is 0 Å². The summed E-state index contributed by atoms with van der Waals surface area (Å²) in [6.07, 6.45) is 5.29. The molecule has 1 aliphatic rings. The number of alkyl halides is 2. The molecule has 0 saturated heterocycles. The smallest absolute Gasteiger partial charge is 0.187 e. The van der Waals surface area contributed by atoms with E-state index in [-0.39, 0.29) is 6.42 Å². The van der Waals surface area contributed by atoms with Gasteiger partial charge < -0.3 is 0 Å². The highest BCUT2D eigenvalue weighted by atomic mass is 79.9. The maximum Gasteiger partial charge on any atom is 0.187 e. The van der Waals surface area contributed by atoms with Crippen LogP contribution in [0, 0.1) is 0 Å². The third kappa shape index (κ3) is 1.77. The van der Waals surface area contributed by atoms with Gasteiger partial charge in [-0.1, -0.05) is 12.2 Å². The average molecular weight is 205 g/mol. The zero-order valence-corrected chi connectivity index (χ0v) is 6.77. The first-order chi connectivity index (χ1) is 4.64. The Bertz CT molecular complexity index is 206. The molecule has 0 amide bonds. The molecule has 0 spiro atoms. The number of rotatable bonds is 1. The number of carbonyl (C=O) groups excluding carboxylic acids is 1. The minimum atomic E-state index is -1.52. The fraction of sp³-hybridized carbons (Fsp3) is 0.286. The lowest BCUT2D eigenvalue weighted by Crippen LogP contribution is -2.13. The monoisotopic (exact) mass is 204 g/mol. The van der Waals surface area contributed by atoms with Gasteiger partial charge >= 0.3 is 0 Å². The van der Waals surface area contributed by atoms with E-state index in [9.17, 15) is 9.18 Å². The summed E-state index contributed by atoms with van der Waals surface area (Å²) in [4.78, 5) is 10.2. The van der Waals surface area contributed by atoms with Crippen LogP contribution in [0.4, 0.5) is 4.39 Å². The second kappa shape index (κ2) is 2.66. The van der Waals surface area contributed by atoms with Crippen LogP contribution in [0.25, 0.3) is 0 Å². The summed E-state index contributed by atoms with van der Waals surface area (Å²) in [6.45, 7) is 0. The summed E-state index contributed by atoms with van der Waals surface area (Å²) in [6, 6.07) is 0. The van der Waals surface area contributed by atoms with Crippen molar-refractivity contribution in [3.63, 3.8) is 0 Å². The molecule has 1 unspecified atom stereocenters. The Morgan fingerprint density at radius 1 is 1.80 bits per heavy atom. The van der Waals surface area contributed by atoms with Gasteiger partial charge in [0.15, 0.2) is 4.58 Å². The highest BCUT2D eigenvalue weighted by Gasteiger charge is 2.25. The van der Waals surface area contributed by atoms with Gasteiger partial charge in [-0.2, -0.15) is 0 Å². The van der Waals surface area contributed by atoms with Crippen LogP contribution in [0.1, 0.15) is 6.42 Å². The Hall–Kier alpha value is -0.440. The van der Waals surface area contributed by atoms with E-state index >= 15 is 0 Å². The molecular weight excluding hydrogens is 199 g/mol. The van der Waals surface area contributed by atoms with Gasteiger partial charge in [-0.25, -0.2) is 4.39 Å². The van der Waals surface area contributed by atoms with Gasteiger partial charge in [0.25, 0.3) is 0 Å². The minimum Gasteiger partial charge on any atom is -0.298 e. The van der Waals surface area contributed by atoms with Gasteiger partial charge in [0, 0.05) is 6.42 Å². The first-order valence-electron chi connectivity index (χ1n) is 2.85. The van der Waals surface area contributed by atoms with Crippen molar-refractivity contribution < 1.29 is 9.18 Å². The van der Waals surface area contributed by atoms with Crippen LogP contribution in [-0.4, -0.2) is 10.9 Å². The normalized spacial score (nSPS) is 31.6. The Morgan fingerprint density at radius 3 is 2.90 bits per heavy atom. The zero-order valence-electron chi connectivity index (χ0n) is 5.18. The summed E-state index contributed by atoms with van der Waals surface area (Å²) in [7, 11) is 0. The molecule has 1 nitrogen and oxygen atoms in total. The van der Waals surface area contributed by atoms with Crippen LogP contribution >= 0.6 is 15.9 Å². The molecule has 0 radical (unpaired) electrons. The summed E-state index contributed by atoms with van der Waals surface area (Å²) in [5.74, 6) is 0. The van der Waals surface area contributed by atoms with Crippen LogP contribution in [0.5, 0.6) is 0 Å². The third-order valence-electron chi connectivity index (χ3n) is 1.24. The Morgan fingerprint density at radius 2 is 2.50 bits per heavy atom. The molecule has 10 heavy (non-hydrogen) atoms. The minimum absolute atomic E-state index is 0.118. The number of hydrogen-bond donors (Lipinski definition) is 0. The van der Waals surface area contributed by atoms with E-state index in [1.54, 1.807) is 6.08 Å². The molecule has 0 aromatic carbocycles. The number of hydrogen-bond acceptors (Lipinski definition) is 1. The van der Waals surface area contributed by atoms with Crippen molar-refractivity contribution in [2.24, 2.45) is 0 Å². The molecule has 0 saturated carbocycles. The second-order valence-corrected chi connectivity index (χ2v) is 3.47. The van der Waals surface area contributed by atoms with E-state index in [1.807, 2.05) is 0 Å². The highest BCUT2D eigenvalue weighted by molar-refractivity contribution is 9.10. The molecule has 0 aromatic heterocycles. The van der Waals surface area contributed by atoms with Crippen LogP contribution in [0.2, 0.25) is 0 Å². The van der Waals surface area contributed by atoms with Gasteiger partial charge in [0.1, 0.15) is 6.29 Å². The largest absolute Gasteiger partial charge is 0.298 e. The molecular formula is C7H6BrFO. The molecule has 0 N–H and O–H groups in total. The van der Waals surface area contributed by atoms with E-state index < -0.39 is 4.58 Å². The van der Waals surface area contributed by atoms with Gasteiger partial charge in [0.05, 0.1) is 0 Å². The van der Waals surface area contributed by atoms with E-state index in [4.69, 9.17) is 0 Å². The number of allylic oxidation sites excluding steroid dienone is 4. The van der Waals surface area contributed by atoms with Crippen molar-refractivity contribution in [1.29, 1.82) is 0 Å². The molecule has 0 fully saturated rings. The predicted octanol–water partition coefficient (Wildman–Crippen LogP) is 2.13. The fourth-order valence-corrected chi connectivity index (χ4v) is 1.26. The van der Waals surface area contributed by atoms with E-state index in [2.05, 4.69) is 15.9 Å². The van der Waals surface area contributed by atoms with Crippen molar-refractivity contribution >= 4 is 22.2 Å². The third-order valence-corrected chi connectivity index (χ3v) is 1.79. The van der Waals surface area contributed by atoms with Crippen LogP contribution < -0.4 is 0 Å². The van der Waals surface area contributed by atoms with Crippen molar-refractivity contribution in [2.45, 2.75) is 11.0 Å². The number of halogens is 2. The van der Waals surface area contributed by atoms with Gasteiger partial charge in [-0.05, 0) is 27.6 Å².